The predicted octanol–water partition coefficient (Wildman–Crippen LogP) is 2.12. The fraction of sp³-hybridized carbons (Fsp3) is 0.467. The van der Waals surface area contributed by atoms with Crippen LogP contribution in [-0.2, 0) is 37.0 Å². The molecule has 0 bridgehead atoms. The van der Waals surface area contributed by atoms with Crippen molar-refractivity contribution in [2.24, 2.45) is 5.92 Å². The Morgan fingerprint density at radius 2 is 1.47 bits per heavy atom. The number of halogens is 2. The molecule has 1 atom stereocenters. The topological polar surface area (TPSA) is 9.23 Å². The van der Waals surface area contributed by atoms with Crippen molar-refractivity contribution in [3.8, 4) is 16.9 Å². The minimum absolute atomic E-state index is 0. The Hall–Kier alpha value is -0.817. The first-order valence-electron chi connectivity index (χ1n) is 11.6. The van der Waals surface area contributed by atoms with Crippen LogP contribution < -0.4 is 29.6 Å². The fourth-order valence-corrected chi connectivity index (χ4v) is 5.02. The van der Waals surface area contributed by atoms with Crippen molar-refractivity contribution in [1.29, 1.82) is 0 Å². The van der Waals surface area contributed by atoms with Gasteiger partial charge in [0.25, 0.3) is 0 Å². The normalized spacial score (nSPS) is 16.5. The molecule has 181 valence electrons. The van der Waals surface area contributed by atoms with Crippen LogP contribution in [0.4, 0.5) is 0 Å². The summed E-state index contributed by atoms with van der Waals surface area (Å²) in [4.78, 5) is 0. The fourth-order valence-electron chi connectivity index (χ4n) is 5.02. The van der Waals surface area contributed by atoms with Gasteiger partial charge in [-0.15, -0.1) is 6.42 Å². The SMILES string of the molecule is COc1cc(C(C)(C)C)cc2c1-c1ccc(C(C)(C)C)cc1C2C1=[C-]CC=C1C(C)C.[Cl-].[Cl-].[Zr+3]. The first kappa shape index (κ1) is 31.2. The molecule has 0 heterocycles. The summed E-state index contributed by atoms with van der Waals surface area (Å²) in [6, 6.07) is 11.7. The van der Waals surface area contributed by atoms with Crippen LogP contribution in [0.25, 0.3) is 11.1 Å². The molecule has 0 saturated heterocycles. The zero-order chi connectivity index (χ0) is 22.7. The van der Waals surface area contributed by atoms with E-state index in [0.717, 1.165) is 12.2 Å². The van der Waals surface area contributed by atoms with Gasteiger partial charge in [-0.25, -0.2) is 5.57 Å². The van der Waals surface area contributed by atoms with Gasteiger partial charge in [-0.05, 0) is 44.7 Å². The van der Waals surface area contributed by atoms with Gasteiger partial charge in [0, 0.05) is 11.5 Å². The van der Waals surface area contributed by atoms with Gasteiger partial charge in [0.15, 0.2) is 0 Å². The van der Waals surface area contributed by atoms with Gasteiger partial charge in [0.1, 0.15) is 5.75 Å². The Kier molecular flexibility index (Phi) is 10.2. The van der Waals surface area contributed by atoms with E-state index in [0.29, 0.717) is 5.92 Å². The molecule has 4 heteroatoms. The van der Waals surface area contributed by atoms with Gasteiger partial charge in [-0.1, -0.05) is 85.6 Å². The second-order valence-corrected chi connectivity index (χ2v) is 11.5. The third-order valence-electron chi connectivity index (χ3n) is 6.86. The van der Waals surface area contributed by atoms with Crippen LogP contribution in [0, 0.1) is 12.0 Å². The second-order valence-electron chi connectivity index (χ2n) is 11.5. The van der Waals surface area contributed by atoms with Crippen molar-refractivity contribution in [3.05, 3.63) is 75.9 Å². The third-order valence-corrected chi connectivity index (χ3v) is 6.86. The van der Waals surface area contributed by atoms with Crippen LogP contribution in [0.15, 0.2) is 47.6 Å². The van der Waals surface area contributed by atoms with Gasteiger partial charge >= 0.3 is 26.2 Å². The summed E-state index contributed by atoms with van der Waals surface area (Å²) < 4.78 is 5.99. The summed E-state index contributed by atoms with van der Waals surface area (Å²) in [5, 5.41) is 0. The maximum atomic E-state index is 5.99. The number of methoxy groups -OCH3 is 1. The molecule has 0 amide bonds. The number of hydrogen-bond acceptors (Lipinski definition) is 1. The summed E-state index contributed by atoms with van der Waals surface area (Å²) in [6.45, 7) is 18.3. The predicted molar refractivity (Wildman–Crippen MR) is 132 cm³/mol. The van der Waals surface area contributed by atoms with E-state index in [1.165, 1.54) is 44.5 Å². The Bertz CT molecular complexity index is 1100. The van der Waals surface area contributed by atoms with E-state index < -0.39 is 0 Å². The maximum Gasteiger partial charge on any atom is 3.00 e. The monoisotopic (exact) mass is 573 g/mol. The van der Waals surface area contributed by atoms with Crippen LogP contribution in [0.5, 0.6) is 5.75 Å². The van der Waals surface area contributed by atoms with Crippen molar-refractivity contribution in [3.63, 3.8) is 0 Å². The van der Waals surface area contributed by atoms with Crippen LogP contribution in [0.2, 0.25) is 0 Å². The molecule has 4 rings (SSSR count). The number of benzene rings is 2. The van der Waals surface area contributed by atoms with E-state index in [1.807, 2.05) is 0 Å². The van der Waals surface area contributed by atoms with Crippen LogP contribution in [0.3, 0.4) is 0 Å². The van der Waals surface area contributed by atoms with E-state index in [9.17, 15) is 0 Å². The molecule has 2 aliphatic rings. The summed E-state index contributed by atoms with van der Waals surface area (Å²) in [5.74, 6) is 1.71. The molecular formula is C30H37Cl2OZr. The molecule has 0 saturated carbocycles. The van der Waals surface area contributed by atoms with Gasteiger partial charge in [-0.2, -0.15) is 11.6 Å². The quantitative estimate of drug-likeness (QED) is 0.510. The largest absolute Gasteiger partial charge is 3.00 e. The van der Waals surface area contributed by atoms with Gasteiger partial charge in [0.05, 0.1) is 7.11 Å². The summed E-state index contributed by atoms with van der Waals surface area (Å²) in [5.41, 5.74) is 11.1. The minimum Gasteiger partial charge on any atom is -1.00 e. The first-order chi connectivity index (χ1) is 14.4. The van der Waals surface area contributed by atoms with Gasteiger partial charge in [0.2, 0.25) is 0 Å². The Labute approximate surface area is 238 Å². The van der Waals surface area contributed by atoms with Crippen molar-refractivity contribution in [2.75, 3.05) is 7.11 Å². The number of ether oxygens (including phenoxy) is 1. The molecule has 2 aromatic rings. The molecule has 0 spiro atoms. The van der Waals surface area contributed by atoms with Gasteiger partial charge < -0.3 is 29.6 Å². The number of rotatable bonds is 3. The zero-order valence-corrected chi connectivity index (χ0v) is 26.0. The van der Waals surface area contributed by atoms with Crippen LogP contribution in [-0.4, -0.2) is 7.11 Å². The molecule has 0 aromatic heterocycles. The Morgan fingerprint density at radius 1 is 0.882 bits per heavy atom. The first-order valence-corrected chi connectivity index (χ1v) is 11.6. The minimum atomic E-state index is 0. The average molecular weight is 576 g/mol. The smallest absolute Gasteiger partial charge is 1.00 e. The molecule has 1 nitrogen and oxygen atoms in total. The maximum absolute atomic E-state index is 5.99. The molecule has 1 radical (unpaired) electrons. The van der Waals surface area contributed by atoms with Crippen molar-refractivity contribution in [1.82, 2.24) is 0 Å². The summed E-state index contributed by atoms with van der Waals surface area (Å²) >= 11 is 0. The molecule has 0 N–H and O–H groups in total. The van der Waals surface area contributed by atoms with Crippen molar-refractivity contribution >= 4 is 0 Å². The molecule has 2 aromatic carbocycles. The summed E-state index contributed by atoms with van der Waals surface area (Å²) in [7, 11) is 1.80. The van der Waals surface area contributed by atoms with E-state index in [4.69, 9.17) is 4.74 Å². The molecule has 34 heavy (non-hydrogen) atoms. The summed E-state index contributed by atoms with van der Waals surface area (Å²) in [6.07, 6.45) is 7.04. The van der Waals surface area contributed by atoms with E-state index >= 15 is 0 Å². The number of fused-ring (bicyclic) bond motifs is 3. The van der Waals surface area contributed by atoms with Crippen molar-refractivity contribution in [2.45, 2.75) is 78.6 Å². The Balaban J connectivity index is 0.00000193. The molecule has 1 unspecified atom stereocenters. The third kappa shape index (κ3) is 5.45. The van der Waals surface area contributed by atoms with Crippen molar-refractivity contribution < 1.29 is 55.8 Å². The van der Waals surface area contributed by atoms with E-state index in [1.54, 1.807) is 7.11 Å². The van der Waals surface area contributed by atoms with Gasteiger partial charge in [-0.3, -0.25) is 6.08 Å². The molecule has 0 fully saturated rings. The zero-order valence-electron chi connectivity index (χ0n) is 22.0. The van der Waals surface area contributed by atoms with E-state index in [2.05, 4.69) is 97.9 Å². The molecular weight excluding hydrogens is 538 g/mol. The second kappa shape index (κ2) is 11.1. The molecule has 0 aliphatic heterocycles. The Morgan fingerprint density at radius 3 is 2.00 bits per heavy atom. The van der Waals surface area contributed by atoms with Crippen LogP contribution >= 0.6 is 0 Å². The van der Waals surface area contributed by atoms with E-state index in [-0.39, 0.29) is 67.8 Å². The molecule has 2 aliphatic carbocycles. The standard InChI is InChI=1S/C30H37O.2ClH.Zr/c1-18(2)21-11-10-12-22(21)27-24-15-19(29(3,4)5)13-14-23(24)28-25(27)16-20(30(6,7)8)17-26(28)31-9;;;/h11,13-18,27H,10H2,1-9H3;2*1H;/q-1;;;+3/p-2. The number of allylic oxidation sites excluding steroid dienone is 4. The van der Waals surface area contributed by atoms with Crippen LogP contribution in [0.1, 0.15) is 90.0 Å². The number of hydrogen-bond donors (Lipinski definition) is 0. The average Bonchev–Trinajstić information content (AvgIpc) is 3.27.